The fraction of sp³-hybridized carbons (Fsp3) is 0.778. The Morgan fingerprint density at radius 3 is 2.73 bits per heavy atom. The molecule has 0 aromatic heterocycles. The van der Waals surface area contributed by atoms with Crippen LogP contribution >= 0.6 is 0 Å². The van der Waals surface area contributed by atoms with Gasteiger partial charge in [-0.3, -0.25) is 0 Å². The Morgan fingerprint density at radius 2 is 2.36 bits per heavy atom. The first kappa shape index (κ1) is 8.26. The van der Waals surface area contributed by atoms with E-state index < -0.39 is 0 Å². The normalized spacial score (nSPS) is 31.6. The van der Waals surface area contributed by atoms with Crippen LogP contribution in [0.25, 0.3) is 0 Å². The number of rotatable bonds is 3. The van der Waals surface area contributed by atoms with Gasteiger partial charge in [0.15, 0.2) is 0 Å². The second-order valence-electron chi connectivity index (χ2n) is 3.30. The molecule has 1 rings (SSSR count). The molecule has 0 heterocycles. The average Bonchev–Trinajstić information content (AvgIpc) is 1.95. The van der Waals surface area contributed by atoms with Gasteiger partial charge in [0.25, 0.3) is 0 Å². The molecule has 2 heteroatoms. The van der Waals surface area contributed by atoms with Gasteiger partial charge in [0.1, 0.15) is 12.2 Å². The van der Waals surface area contributed by atoms with Gasteiger partial charge in [0.2, 0.25) is 0 Å². The number of aldehydes is 1. The minimum absolute atomic E-state index is 0.335. The van der Waals surface area contributed by atoms with Crippen molar-refractivity contribution in [1.82, 2.24) is 0 Å². The van der Waals surface area contributed by atoms with Crippen molar-refractivity contribution < 1.29 is 4.79 Å². The topological polar surface area (TPSA) is 40.9 Å². The van der Waals surface area contributed by atoms with Gasteiger partial charge in [-0.1, -0.05) is 13.3 Å². The van der Waals surface area contributed by atoms with Gasteiger partial charge in [0.05, 0.1) is 6.07 Å². The second kappa shape index (κ2) is 3.52. The third kappa shape index (κ3) is 1.59. The molecule has 11 heavy (non-hydrogen) atoms. The molecule has 0 spiro atoms. The monoisotopic (exact) mass is 151 g/mol. The molecular weight excluding hydrogens is 138 g/mol. The van der Waals surface area contributed by atoms with E-state index in [9.17, 15) is 4.79 Å². The molecule has 0 aliphatic heterocycles. The number of nitriles is 1. The highest BCUT2D eigenvalue weighted by Crippen LogP contribution is 2.39. The molecule has 0 aromatic carbocycles. The summed E-state index contributed by atoms with van der Waals surface area (Å²) in [6, 6.07) is 2.03. The Balaban J connectivity index is 2.31. The predicted octanol–water partition coefficient (Wildman–Crippen LogP) is 1.76. The lowest BCUT2D eigenvalue weighted by Gasteiger charge is -2.35. The van der Waals surface area contributed by atoms with Crippen LogP contribution in [0.4, 0.5) is 0 Å². The molecule has 1 fully saturated rings. The van der Waals surface area contributed by atoms with Crippen molar-refractivity contribution in [2.45, 2.75) is 26.2 Å². The summed E-state index contributed by atoms with van der Waals surface area (Å²) in [6.45, 7) is 2.16. The van der Waals surface area contributed by atoms with E-state index in [-0.39, 0.29) is 5.92 Å². The van der Waals surface area contributed by atoms with Crippen LogP contribution in [-0.2, 0) is 4.79 Å². The van der Waals surface area contributed by atoms with E-state index in [0.717, 1.165) is 25.0 Å². The Kier molecular flexibility index (Phi) is 2.64. The molecule has 1 saturated carbocycles. The van der Waals surface area contributed by atoms with E-state index in [1.165, 1.54) is 6.42 Å². The molecule has 0 bridgehead atoms. The molecule has 2 nitrogen and oxygen atoms in total. The van der Waals surface area contributed by atoms with Crippen LogP contribution in [0.1, 0.15) is 26.2 Å². The minimum atomic E-state index is -0.335. The Morgan fingerprint density at radius 1 is 1.73 bits per heavy atom. The first-order valence-electron chi connectivity index (χ1n) is 4.16. The molecular formula is C9H13NO. The van der Waals surface area contributed by atoms with Gasteiger partial charge in [-0.25, -0.2) is 0 Å². The van der Waals surface area contributed by atoms with Gasteiger partial charge >= 0.3 is 0 Å². The van der Waals surface area contributed by atoms with Gasteiger partial charge in [-0.15, -0.1) is 0 Å². The minimum Gasteiger partial charge on any atom is -0.302 e. The summed E-state index contributed by atoms with van der Waals surface area (Å²) in [6.07, 6.45) is 4.13. The van der Waals surface area contributed by atoms with Crippen LogP contribution in [-0.4, -0.2) is 6.29 Å². The zero-order chi connectivity index (χ0) is 8.27. The summed E-state index contributed by atoms with van der Waals surface area (Å²) in [5.41, 5.74) is 0. The van der Waals surface area contributed by atoms with E-state index in [1.807, 2.05) is 6.07 Å². The molecule has 1 aliphatic carbocycles. The van der Waals surface area contributed by atoms with Crippen LogP contribution in [0.3, 0.4) is 0 Å². The molecule has 1 aliphatic rings. The lowest BCUT2D eigenvalue weighted by molar-refractivity contribution is -0.112. The largest absolute Gasteiger partial charge is 0.302 e. The molecule has 1 atom stereocenters. The van der Waals surface area contributed by atoms with Crippen molar-refractivity contribution >= 4 is 6.29 Å². The fourth-order valence-electron chi connectivity index (χ4n) is 1.66. The maximum atomic E-state index is 10.3. The fourth-order valence-corrected chi connectivity index (χ4v) is 1.66. The van der Waals surface area contributed by atoms with Crippen LogP contribution in [0, 0.1) is 29.1 Å². The lowest BCUT2D eigenvalue weighted by atomic mass is 9.68. The maximum Gasteiger partial charge on any atom is 0.137 e. The van der Waals surface area contributed by atoms with Crippen molar-refractivity contribution in [3.05, 3.63) is 0 Å². The number of hydrogen-bond acceptors (Lipinski definition) is 2. The molecule has 0 saturated heterocycles. The summed E-state index contributed by atoms with van der Waals surface area (Å²) in [7, 11) is 0. The summed E-state index contributed by atoms with van der Waals surface area (Å²) in [5, 5.41) is 8.54. The van der Waals surface area contributed by atoms with Crippen molar-refractivity contribution in [3.8, 4) is 6.07 Å². The summed E-state index contributed by atoms with van der Waals surface area (Å²) in [4.78, 5) is 10.3. The zero-order valence-electron chi connectivity index (χ0n) is 6.79. The van der Waals surface area contributed by atoms with Crippen LogP contribution < -0.4 is 0 Å². The third-order valence-electron chi connectivity index (χ3n) is 2.65. The molecule has 0 radical (unpaired) electrons. The van der Waals surface area contributed by atoms with Gasteiger partial charge < -0.3 is 4.79 Å². The van der Waals surface area contributed by atoms with Crippen molar-refractivity contribution in [2.75, 3.05) is 0 Å². The highest BCUT2D eigenvalue weighted by Gasteiger charge is 2.33. The van der Waals surface area contributed by atoms with Crippen LogP contribution in [0.15, 0.2) is 0 Å². The highest BCUT2D eigenvalue weighted by molar-refractivity contribution is 5.58. The quantitative estimate of drug-likeness (QED) is 0.577. The molecule has 1 unspecified atom stereocenters. The highest BCUT2D eigenvalue weighted by atomic mass is 16.1. The molecule has 0 aromatic rings. The summed E-state index contributed by atoms with van der Waals surface area (Å²) in [5.74, 6) is 0.802. The first-order chi connectivity index (χ1) is 5.31. The van der Waals surface area contributed by atoms with Gasteiger partial charge in [-0.2, -0.15) is 5.26 Å². The first-order valence-corrected chi connectivity index (χ1v) is 4.16. The van der Waals surface area contributed by atoms with Crippen molar-refractivity contribution in [1.29, 1.82) is 5.26 Å². The molecule has 0 amide bonds. The Labute approximate surface area is 67.2 Å². The SMILES string of the molecule is CCC1CC(C(C#N)C=O)C1. The van der Waals surface area contributed by atoms with Crippen molar-refractivity contribution in [3.63, 3.8) is 0 Å². The summed E-state index contributed by atoms with van der Waals surface area (Å²) >= 11 is 0. The smallest absolute Gasteiger partial charge is 0.137 e. The van der Waals surface area contributed by atoms with E-state index >= 15 is 0 Å². The lowest BCUT2D eigenvalue weighted by Crippen LogP contribution is -2.29. The molecule has 60 valence electrons. The number of carbonyl (C=O) groups is 1. The Hall–Kier alpha value is -0.840. The van der Waals surface area contributed by atoms with Crippen LogP contribution in [0.2, 0.25) is 0 Å². The van der Waals surface area contributed by atoms with Gasteiger partial charge in [0, 0.05) is 0 Å². The summed E-state index contributed by atoms with van der Waals surface area (Å²) < 4.78 is 0. The standard InChI is InChI=1S/C9H13NO/c1-2-7-3-8(4-7)9(5-10)6-11/h6-9H,2-4H2,1H3. The van der Waals surface area contributed by atoms with E-state index in [0.29, 0.717) is 5.92 Å². The van der Waals surface area contributed by atoms with E-state index in [2.05, 4.69) is 6.92 Å². The maximum absolute atomic E-state index is 10.3. The number of hydrogen-bond donors (Lipinski definition) is 0. The van der Waals surface area contributed by atoms with E-state index in [4.69, 9.17) is 5.26 Å². The van der Waals surface area contributed by atoms with Crippen LogP contribution in [0.5, 0.6) is 0 Å². The van der Waals surface area contributed by atoms with Gasteiger partial charge in [-0.05, 0) is 24.7 Å². The second-order valence-corrected chi connectivity index (χ2v) is 3.30. The van der Waals surface area contributed by atoms with Crippen molar-refractivity contribution in [2.24, 2.45) is 17.8 Å². The molecule has 0 N–H and O–H groups in total. The zero-order valence-corrected chi connectivity index (χ0v) is 6.79. The number of carbonyl (C=O) groups excluding carboxylic acids is 1. The predicted molar refractivity (Wildman–Crippen MR) is 41.7 cm³/mol. The Bertz CT molecular complexity index is 176. The van der Waals surface area contributed by atoms with E-state index in [1.54, 1.807) is 0 Å². The average molecular weight is 151 g/mol. The third-order valence-corrected chi connectivity index (χ3v) is 2.65. The number of nitrogens with zero attached hydrogens (tertiary/aromatic N) is 1.